The Bertz CT molecular complexity index is 1270. The molecular weight excluding hydrogens is 468 g/mol. The number of piperidine rings is 1. The van der Waals surface area contributed by atoms with E-state index in [0.717, 1.165) is 24.9 Å². The molecule has 184 valence electrons. The highest BCUT2D eigenvalue weighted by molar-refractivity contribution is 7.89. The van der Waals surface area contributed by atoms with E-state index in [-0.39, 0.29) is 10.8 Å². The Balaban J connectivity index is 1.44. The van der Waals surface area contributed by atoms with Gasteiger partial charge in [0.25, 0.3) is 5.91 Å². The molecule has 10 nitrogen and oxygen atoms in total. The van der Waals surface area contributed by atoms with Crippen molar-refractivity contribution in [2.24, 2.45) is 0 Å². The van der Waals surface area contributed by atoms with Crippen molar-refractivity contribution in [3.8, 4) is 5.82 Å². The van der Waals surface area contributed by atoms with Crippen LogP contribution in [0.3, 0.4) is 0 Å². The average Bonchev–Trinajstić information content (AvgIpc) is 3.45. The predicted octanol–water partition coefficient (Wildman–Crippen LogP) is 2.53. The molecule has 0 bridgehead atoms. The van der Waals surface area contributed by atoms with Gasteiger partial charge >= 0.3 is 0 Å². The molecule has 0 spiro atoms. The van der Waals surface area contributed by atoms with Gasteiger partial charge in [-0.25, -0.2) is 18.1 Å². The van der Waals surface area contributed by atoms with Gasteiger partial charge < -0.3 is 15.0 Å². The van der Waals surface area contributed by atoms with Crippen molar-refractivity contribution < 1.29 is 17.9 Å². The highest BCUT2D eigenvalue weighted by atomic mass is 32.2. The summed E-state index contributed by atoms with van der Waals surface area (Å²) < 4.78 is 35.2. The van der Waals surface area contributed by atoms with Crippen LogP contribution in [-0.4, -0.2) is 72.8 Å². The first-order chi connectivity index (χ1) is 17.0. The number of ether oxygens (including phenoxy) is 1. The summed E-state index contributed by atoms with van der Waals surface area (Å²) in [4.78, 5) is 19.7. The van der Waals surface area contributed by atoms with Crippen LogP contribution in [0.4, 0.5) is 11.4 Å². The zero-order chi connectivity index (χ0) is 24.3. The minimum absolute atomic E-state index is 0.180. The fourth-order valence-corrected chi connectivity index (χ4v) is 5.91. The Morgan fingerprint density at radius 3 is 2.49 bits per heavy atom. The normalized spacial score (nSPS) is 17.3. The van der Waals surface area contributed by atoms with E-state index in [9.17, 15) is 13.2 Å². The topological polar surface area (TPSA) is 110 Å². The molecule has 0 aliphatic carbocycles. The second kappa shape index (κ2) is 10.1. The molecule has 5 rings (SSSR count). The first-order valence-corrected chi connectivity index (χ1v) is 13.2. The number of amides is 1. The van der Waals surface area contributed by atoms with Gasteiger partial charge in [0.15, 0.2) is 5.82 Å². The molecule has 1 aromatic carbocycles. The third-order valence-corrected chi connectivity index (χ3v) is 8.16. The quantitative estimate of drug-likeness (QED) is 0.558. The van der Waals surface area contributed by atoms with Crippen LogP contribution in [0.2, 0.25) is 0 Å². The molecule has 0 saturated carbocycles. The third-order valence-electron chi connectivity index (χ3n) is 6.27. The maximum Gasteiger partial charge on any atom is 0.257 e. The van der Waals surface area contributed by atoms with Gasteiger partial charge in [-0.05, 0) is 49.2 Å². The zero-order valence-corrected chi connectivity index (χ0v) is 20.2. The van der Waals surface area contributed by atoms with E-state index in [2.05, 4.69) is 20.3 Å². The van der Waals surface area contributed by atoms with Crippen LogP contribution in [0.25, 0.3) is 5.82 Å². The van der Waals surface area contributed by atoms with Crippen LogP contribution in [0.15, 0.2) is 59.9 Å². The third kappa shape index (κ3) is 5.07. The minimum atomic E-state index is -3.65. The standard InChI is InChI=1S/C24H28N6O4S/c31-24(19-5-8-23(25-18-19)30-12-4-9-26-30)27-21-17-20(35(32,33)29-10-2-1-3-11-29)6-7-22(21)28-13-15-34-16-14-28/h4-9,12,17-18H,1-3,10-11,13-16H2,(H,27,31). The summed E-state index contributed by atoms with van der Waals surface area (Å²) in [6.45, 7) is 3.48. The summed E-state index contributed by atoms with van der Waals surface area (Å²) in [6, 6.07) is 10.1. The van der Waals surface area contributed by atoms with E-state index in [4.69, 9.17) is 4.74 Å². The number of hydrogen-bond donors (Lipinski definition) is 1. The molecule has 3 aromatic rings. The summed E-state index contributed by atoms with van der Waals surface area (Å²) in [5.74, 6) is 0.224. The van der Waals surface area contributed by atoms with Gasteiger partial charge in [-0.15, -0.1) is 0 Å². The summed E-state index contributed by atoms with van der Waals surface area (Å²) in [5, 5.41) is 7.07. The summed E-state index contributed by atoms with van der Waals surface area (Å²) in [6.07, 6.45) is 7.66. The number of aromatic nitrogens is 3. The van der Waals surface area contributed by atoms with E-state index in [1.807, 2.05) is 0 Å². The van der Waals surface area contributed by atoms with Crippen LogP contribution >= 0.6 is 0 Å². The largest absolute Gasteiger partial charge is 0.378 e. The van der Waals surface area contributed by atoms with Gasteiger partial charge in [0.05, 0.1) is 35.0 Å². The van der Waals surface area contributed by atoms with Crippen LogP contribution in [0.1, 0.15) is 29.6 Å². The Labute approximate surface area is 204 Å². The number of sulfonamides is 1. The lowest BCUT2D eigenvalue weighted by Crippen LogP contribution is -2.37. The molecular formula is C24H28N6O4S. The van der Waals surface area contributed by atoms with Gasteiger partial charge in [-0.1, -0.05) is 6.42 Å². The molecule has 4 heterocycles. The SMILES string of the molecule is O=C(Nc1cc(S(=O)(=O)N2CCCCC2)ccc1N1CCOCC1)c1ccc(-n2cccn2)nc1. The molecule has 0 unspecified atom stereocenters. The Kier molecular flexibility index (Phi) is 6.80. The van der Waals surface area contributed by atoms with Crippen molar-refractivity contribution in [3.63, 3.8) is 0 Å². The number of carbonyl (C=O) groups excluding carboxylic acids is 1. The fraction of sp³-hybridized carbons (Fsp3) is 0.375. The van der Waals surface area contributed by atoms with E-state index < -0.39 is 10.0 Å². The van der Waals surface area contributed by atoms with Gasteiger partial charge in [-0.3, -0.25) is 4.79 Å². The lowest BCUT2D eigenvalue weighted by molar-refractivity contribution is 0.102. The number of hydrogen-bond acceptors (Lipinski definition) is 7. The average molecular weight is 497 g/mol. The van der Waals surface area contributed by atoms with Crippen LogP contribution < -0.4 is 10.2 Å². The van der Waals surface area contributed by atoms with Crippen LogP contribution in [0, 0.1) is 0 Å². The maximum atomic E-state index is 13.3. The molecule has 2 aromatic heterocycles. The predicted molar refractivity (Wildman–Crippen MR) is 131 cm³/mol. The molecule has 2 fully saturated rings. The van der Waals surface area contributed by atoms with Crippen molar-refractivity contribution in [1.29, 1.82) is 0 Å². The first-order valence-electron chi connectivity index (χ1n) is 11.8. The molecule has 0 radical (unpaired) electrons. The summed E-state index contributed by atoms with van der Waals surface area (Å²) in [5.41, 5.74) is 1.57. The van der Waals surface area contributed by atoms with Gasteiger partial charge in [0.1, 0.15) is 0 Å². The lowest BCUT2D eigenvalue weighted by Gasteiger charge is -2.31. The smallest absolute Gasteiger partial charge is 0.257 e. The minimum Gasteiger partial charge on any atom is -0.378 e. The van der Waals surface area contributed by atoms with Crippen LogP contribution in [0.5, 0.6) is 0 Å². The zero-order valence-electron chi connectivity index (χ0n) is 19.3. The number of benzene rings is 1. The van der Waals surface area contributed by atoms with Crippen molar-refractivity contribution >= 4 is 27.3 Å². The first kappa shape index (κ1) is 23.5. The summed E-state index contributed by atoms with van der Waals surface area (Å²) in [7, 11) is -3.65. The molecule has 1 amide bonds. The highest BCUT2D eigenvalue weighted by Gasteiger charge is 2.28. The number of rotatable bonds is 6. The van der Waals surface area contributed by atoms with Crippen molar-refractivity contribution in [1.82, 2.24) is 19.1 Å². The maximum absolute atomic E-state index is 13.3. The molecule has 11 heteroatoms. The van der Waals surface area contributed by atoms with Crippen molar-refractivity contribution in [3.05, 3.63) is 60.6 Å². The Hall–Kier alpha value is -3.28. The molecule has 2 aliphatic rings. The van der Waals surface area contributed by atoms with Gasteiger partial charge in [0.2, 0.25) is 10.0 Å². The monoisotopic (exact) mass is 496 g/mol. The molecule has 35 heavy (non-hydrogen) atoms. The Morgan fingerprint density at radius 1 is 1.00 bits per heavy atom. The number of pyridine rings is 1. The van der Waals surface area contributed by atoms with Gasteiger partial charge in [-0.2, -0.15) is 9.40 Å². The highest BCUT2D eigenvalue weighted by Crippen LogP contribution is 2.32. The van der Waals surface area contributed by atoms with E-state index in [1.54, 1.807) is 53.5 Å². The fourth-order valence-electron chi connectivity index (χ4n) is 4.36. The van der Waals surface area contributed by atoms with Crippen molar-refractivity contribution in [2.45, 2.75) is 24.2 Å². The second-order valence-corrected chi connectivity index (χ2v) is 10.5. The number of nitrogens with zero attached hydrogens (tertiary/aromatic N) is 5. The molecule has 2 aliphatic heterocycles. The second-order valence-electron chi connectivity index (χ2n) is 8.55. The van der Waals surface area contributed by atoms with E-state index >= 15 is 0 Å². The van der Waals surface area contributed by atoms with Gasteiger partial charge in [0, 0.05) is 44.8 Å². The summed E-state index contributed by atoms with van der Waals surface area (Å²) >= 11 is 0. The molecule has 2 saturated heterocycles. The Morgan fingerprint density at radius 2 is 1.80 bits per heavy atom. The number of anilines is 2. The molecule has 1 N–H and O–H groups in total. The lowest BCUT2D eigenvalue weighted by atomic mass is 10.2. The number of carbonyl (C=O) groups is 1. The van der Waals surface area contributed by atoms with E-state index in [1.165, 1.54) is 10.5 Å². The van der Waals surface area contributed by atoms with E-state index in [0.29, 0.717) is 56.5 Å². The van der Waals surface area contributed by atoms with Crippen LogP contribution in [-0.2, 0) is 14.8 Å². The number of nitrogens with one attached hydrogen (secondary N) is 1. The van der Waals surface area contributed by atoms with Crippen molar-refractivity contribution in [2.75, 3.05) is 49.6 Å². The molecule has 0 atom stereocenters. The number of morpholine rings is 1.